The molecule has 1 aliphatic rings. The van der Waals surface area contributed by atoms with Crippen molar-refractivity contribution in [2.45, 2.75) is 31.7 Å². The summed E-state index contributed by atoms with van der Waals surface area (Å²) in [4.78, 5) is 39.0. The van der Waals surface area contributed by atoms with Gasteiger partial charge in [-0.3, -0.25) is 19.4 Å². The fourth-order valence-corrected chi connectivity index (χ4v) is 2.60. The van der Waals surface area contributed by atoms with Crippen LogP contribution < -0.4 is 5.56 Å². The maximum atomic E-state index is 12.5. The number of carbonyl (C=O) groups is 2. The maximum absolute atomic E-state index is 12.5. The lowest BCUT2D eigenvalue weighted by Gasteiger charge is -2.27. The molecule has 0 unspecified atom stereocenters. The van der Waals surface area contributed by atoms with Gasteiger partial charge in [0.1, 0.15) is 6.54 Å². The van der Waals surface area contributed by atoms with E-state index in [4.69, 9.17) is 0 Å². The summed E-state index contributed by atoms with van der Waals surface area (Å²) in [5, 5.41) is 9.40. The number of rotatable bonds is 4. The number of H-pyrrole nitrogens is 1. The molecule has 1 aromatic rings. The fourth-order valence-electron chi connectivity index (χ4n) is 2.60. The minimum Gasteiger partial charge on any atom is -0.494 e. The van der Waals surface area contributed by atoms with E-state index >= 15 is 0 Å². The average molecular weight is 294 g/mol. The van der Waals surface area contributed by atoms with Gasteiger partial charge in [0.25, 0.3) is 11.5 Å². The van der Waals surface area contributed by atoms with Gasteiger partial charge in [0.15, 0.2) is 5.88 Å². The van der Waals surface area contributed by atoms with E-state index in [1.54, 1.807) is 0 Å². The molecule has 7 nitrogen and oxygen atoms in total. The Hall–Kier alpha value is -2.31. The summed E-state index contributed by atoms with van der Waals surface area (Å²) < 4.78 is 4.62. The normalized spacial score (nSPS) is 14.9. The van der Waals surface area contributed by atoms with E-state index in [0.29, 0.717) is 0 Å². The third kappa shape index (κ3) is 3.62. The van der Waals surface area contributed by atoms with Crippen LogP contribution in [0.3, 0.4) is 0 Å². The highest BCUT2D eigenvalue weighted by Gasteiger charge is 2.29. The maximum Gasteiger partial charge on any atom is 0.325 e. The molecule has 2 N–H and O–H groups in total. The van der Waals surface area contributed by atoms with Crippen molar-refractivity contribution in [1.82, 2.24) is 9.88 Å². The van der Waals surface area contributed by atoms with Crippen LogP contribution in [-0.2, 0) is 9.53 Å². The van der Waals surface area contributed by atoms with Gasteiger partial charge in [0, 0.05) is 18.2 Å². The molecule has 1 aromatic heterocycles. The molecule has 114 valence electrons. The van der Waals surface area contributed by atoms with Gasteiger partial charge in [-0.1, -0.05) is 12.8 Å². The summed E-state index contributed by atoms with van der Waals surface area (Å²) in [6, 6.07) is 2.25. The largest absolute Gasteiger partial charge is 0.494 e. The number of methoxy groups -OCH3 is 1. The van der Waals surface area contributed by atoms with E-state index in [9.17, 15) is 19.5 Å². The zero-order valence-corrected chi connectivity index (χ0v) is 11.8. The summed E-state index contributed by atoms with van der Waals surface area (Å²) in [6.45, 7) is -0.159. The van der Waals surface area contributed by atoms with Gasteiger partial charge in [0.05, 0.1) is 12.7 Å². The lowest BCUT2D eigenvalue weighted by Crippen LogP contribution is -2.42. The van der Waals surface area contributed by atoms with Crippen LogP contribution in [-0.4, -0.2) is 46.6 Å². The highest BCUT2D eigenvalue weighted by Crippen LogP contribution is 2.25. The Morgan fingerprint density at radius 2 is 2.05 bits per heavy atom. The standard InChI is InChI=1S/C14H18N2O5/c1-21-13(19)8-16(10-4-2-3-5-10)14(20)9-6-11(17)15-12(18)7-9/h6-7,10H,2-5,8H2,1H3,(H2,15,17,18). The quantitative estimate of drug-likeness (QED) is 0.794. The predicted molar refractivity (Wildman–Crippen MR) is 74.0 cm³/mol. The molecular weight excluding hydrogens is 276 g/mol. The molecule has 1 aliphatic carbocycles. The van der Waals surface area contributed by atoms with Crippen LogP contribution in [0.1, 0.15) is 36.0 Å². The van der Waals surface area contributed by atoms with Gasteiger partial charge in [-0.2, -0.15) is 0 Å². The van der Waals surface area contributed by atoms with Gasteiger partial charge in [-0.25, -0.2) is 0 Å². The van der Waals surface area contributed by atoms with Gasteiger partial charge < -0.3 is 14.7 Å². The zero-order chi connectivity index (χ0) is 15.4. The minimum absolute atomic E-state index is 0.0435. The highest BCUT2D eigenvalue weighted by atomic mass is 16.5. The highest BCUT2D eigenvalue weighted by molar-refractivity contribution is 5.96. The first-order valence-corrected chi connectivity index (χ1v) is 6.82. The van der Waals surface area contributed by atoms with E-state index in [1.807, 2.05) is 0 Å². The van der Waals surface area contributed by atoms with Crippen LogP contribution in [0.5, 0.6) is 5.88 Å². The van der Waals surface area contributed by atoms with E-state index in [1.165, 1.54) is 18.1 Å². The van der Waals surface area contributed by atoms with Crippen molar-refractivity contribution < 1.29 is 19.4 Å². The number of aromatic hydroxyl groups is 1. The Balaban J connectivity index is 2.27. The Bertz CT molecular complexity index is 589. The number of hydrogen-bond donors (Lipinski definition) is 2. The molecule has 0 bridgehead atoms. The third-order valence-corrected chi connectivity index (χ3v) is 3.63. The predicted octanol–water partition coefficient (Wildman–Crippen LogP) is 0.638. The molecule has 1 heterocycles. The molecule has 21 heavy (non-hydrogen) atoms. The third-order valence-electron chi connectivity index (χ3n) is 3.63. The minimum atomic E-state index is -0.567. The molecule has 0 atom stereocenters. The average Bonchev–Trinajstić information content (AvgIpc) is 2.96. The van der Waals surface area contributed by atoms with E-state index in [-0.39, 0.29) is 24.0 Å². The number of aromatic amines is 1. The van der Waals surface area contributed by atoms with Gasteiger partial charge >= 0.3 is 5.97 Å². The second kappa shape index (κ2) is 6.43. The van der Waals surface area contributed by atoms with E-state index in [0.717, 1.165) is 31.7 Å². The van der Waals surface area contributed by atoms with Crippen LogP contribution in [0, 0.1) is 0 Å². The van der Waals surface area contributed by atoms with Crippen molar-refractivity contribution in [2.24, 2.45) is 0 Å². The van der Waals surface area contributed by atoms with Crippen LogP contribution >= 0.6 is 0 Å². The van der Waals surface area contributed by atoms with Crippen molar-refractivity contribution in [2.75, 3.05) is 13.7 Å². The zero-order valence-electron chi connectivity index (χ0n) is 11.8. The Labute approximate surface area is 121 Å². The molecule has 0 spiro atoms. The van der Waals surface area contributed by atoms with Crippen molar-refractivity contribution >= 4 is 11.9 Å². The summed E-state index contributed by atoms with van der Waals surface area (Å²) >= 11 is 0. The molecule has 0 aliphatic heterocycles. The number of pyridine rings is 1. The molecule has 1 fully saturated rings. The molecule has 0 saturated heterocycles. The van der Waals surface area contributed by atoms with Gasteiger partial charge in [0.2, 0.25) is 0 Å². The first kappa shape index (κ1) is 15.1. The van der Waals surface area contributed by atoms with Crippen molar-refractivity contribution in [3.63, 3.8) is 0 Å². The smallest absolute Gasteiger partial charge is 0.325 e. The molecule has 1 amide bonds. The topological polar surface area (TPSA) is 99.7 Å². The SMILES string of the molecule is COC(=O)CN(C(=O)c1cc(O)[nH]c(=O)c1)C1CCCC1. The summed E-state index contributed by atoms with van der Waals surface area (Å²) in [6.07, 6.45) is 3.63. The Morgan fingerprint density at radius 1 is 1.38 bits per heavy atom. The van der Waals surface area contributed by atoms with Gasteiger partial charge in [-0.05, 0) is 12.8 Å². The van der Waals surface area contributed by atoms with E-state index in [2.05, 4.69) is 9.72 Å². The van der Waals surface area contributed by atoms with E-state index < -0.39 is 17.4 Å². The summed E-state index contributed by atoms with van der Waals surface area (Å²) in [5.74, 6) is -1.34. The van der Waals surface area contributed by atoms with Crippen molar-refractivity contribution in [1.29, 1.82) is 0 Å². The van der Waals surface area contributed by atoms with Crippen LogP contribution in [0.15, 0.2) is 16.9 Å². The first-order valence-electron chi connectivity index (χ1n) is 6.82. The number of carbonyl (C=O) groups excluding carboxylic acids is 2. The second-order valence-electron chi connectivity index (χ2n) is 5.07. The first-order chi connectivity index (χ1) is 10.0. The van der Waals surface area contributed by atoms with Crippen LogP contribution in [0.4, 0.5) is 0 Å². The molecule has 1 saturated carbocycles. The molecular formula is C14H18N2O5. The summed E-state index contributed by atoms with van der Waals surface area (Å²) in [5.41, 5.74) is -0.505. The Morgan fingerprint density at radius 3 is 2.62 bits per heavy atom. The van der Waals surface area contributed by atoms with Gasteiger partial charge in [-0.15, -0.1) is 0 Å². The number of hydrogen-bond acceptors (Lipinski definition) is 5. The lowest BCUT2D eigenvalue weighted by atomic mass is 10.1. The number of ether oxygens (including phenoxy) is 1. The molecule has 2 rings (SSSR count). The number of esters is 1. The summed E-state index contributed by atoms with van der Waals surface area (Å²) in [7, 11) is 1.26. The second-order valence-corrected chi connectivity index (χ2v) is 5.07. The Kier molecular flexibility index (Phi) is 4.62. The molecule has 0 aromatic carbocycles. The van der Waals surface area contributed by atoms with Crippen LogP contribution in [0.25, 0.3) is 0 Å². The number of nitrogens with one attached hydrogen (secondary N) is 1. The molecule has 0 radical (unpaired) electrons. The monoisotopic (exact) mass is 294 g/mol. The fraction of sp³-hybridized carbons (Fsp3) is 0.500. The number of aromatic nitrogens is 1. The van der Waals surface area contributed by atoms with Crippen molar-refractivity contribution in [3.05, 3.63) is 28.0 Å². The van der Waals surface area contributed by atoms with Crippen molar-refractivity contribution in [3.8, 4) is 5.88 Å². The number of nitrogens with zero attached hydrogens (tertiary/aromatic N) is 1. The molecule has 7 heteroatoms. The van der Waals surface area contributed by atoms with Crippen LogP contribution in [0.2, 0.25) is 0 Å². The number of amides is 1. The lowest BCUT2D eigenvalue weighted by molar-refractivity contribution is -0.141.